The van der Waals surface area contributed by atoms with Gasteiger partial charge in [0.1, 0.15) is 5.82 Å². The van der Waals surface area contributed by atoms with Gasteiger partial charge in [-0.2, -0.15) is 4.31 Å². The molecule has 0 saturated carbocycles. The Labute approximate surface area is 211 Å². The minimum absolute atomic E-state index is 0.0229. The predicted octanol–water partition coefficient (Wildman–Crippen LogP) is 4.92. The first-order chi connectivity index (χ1) is 16.9. The van der Waals surface area contributed by atoms with E-state index in [1.165, 1.54) is 0 Å². The number of carbonyl (C=O) groups excluding carboxylic acids is 1. The lowest BCUT2D eigenvalue weighted by Crippen LogP contribution is -2.41. The van der Waals surface area contributed by atoms with Gasteiger partial charge >= 0.3 is 0 Å². The molecule has 0 spiro atoms. The maximum Gasteiger partial charge on any atom is 0.243 e. The Morgan fingerprint density at radius 2 is 1.80 bits per heavy atom. The van der Waals surface area contributed by atoms with E-state index in [4.69, 9.17) is 16.6 Å². The number of aromatic nitrogens is 1. The lowest BCUT2D eigenvalue weighted by molar-refractivity contribution is -0.120. The molecule has 2 aliphatic heterocycles. The number of hydrogen-bond acceptors (Lipinski definition) is 5. The lowest BCUT2D eigenvalue weighted by atomic mass is 9.97. The summed E-state index contributed by atoms with van der Waals surface area (Å²) in [6.45, 7) is 2.56. The molecule has 9 heteroatoms. The summed E-state index contributed by atoms with van der Waals surface area (Å²) >= 11 is 6.04. The highest BCUT2D eigenvalue weighted by Gasteiger charge is 2.28. The van der Waals surface area contributed by atoms with E-state index in [2.05, 4.69) is 10.2 Å². The minimum Gasteiger partial charge on any atom is -0.356 e. The summed E-state index contributed by atoms with van der Waals surface area (Å²) in [7, 11) is -3.49. The molecule has 2 aliphatic rings. The summed E-state index contributed by atoms with van der Waals surface area (Å²) in [5.74, 6) is 0.618. The van der Waals surface area contributed by atoms with Crippen molar-refractivity contribution in [2.75, 3.05) is 36.4 Å². The summed E-state index contributed by atoms with van der Waals surface area (Å²) in [6.07, 6.45) is 4.60. The van der Waals surface area contributed by atoms with Crippen molar-refractivity contribution in [3.63, 3.8) is 0 Å². The molecule has 1 amide bonds. The molecule has 35 heavy (non-hydrogen) atoms. The Bertz CT molecular complexity index is 1340. The fraction of sp³-hybridized carbons (Fsp3) is 0.385. The molecule has 0 radical (unpaired) electrons. The van der Waals surface area contributed by atoms with Gasteiger partial charge in [0.05, 0.1) is 16.3 Å². The zero-order valence-electron chi connectivity index (χ0n) is 19.5. The van der Waals surface area contributed by atoms with Gasteiger partial charge in [-0.1, -0.05) is 24.1 Å². The second kappa shape index (κ2) is 10.1. The number of rotatable bonds is 5. The van der Waals surface area contributed by atoms with Gasteiger partial charge in [-0.25, -0.2) is 13.4 Å². The van der Waals surface area contributed by atoms with Crippen molar-refractivity contribution in [2.24, 2.45) is 5.92 Å². The van der Waals surface area contributed by atoms with Crippen molar-refractivity contribution in [3.8, 4) is 0 Å². The van der Waals surface area contributed by atoms with Crippen molar-refractivity contribution in [2.45, 2.75) is 37.0 Å². The highest BCUT2D eigenvalue weighted by atomic mass is 35.5. The molecule has 1 N–H and O–H groups in total. The first-order valence-corrected chi connectivity index (χ1v) is 13.9. The molecule has 0 unspecified atom stereocenters. The molecule has 3 heterocycles. The average molecular weight is 513 g/mol. The average Bonchev–Trinajstić information content (AvgIpc) is 2.88. The quantitative estimate of drug-likeness (QED) is 0.524. The molecular weight excluding hydrogens is 484 g/mol. The Kier molecular flexibility index (Phi) is 6.95. The van der Waals surface area contributed by atoms with Gasteiger partial charge in [0.2, 0.25) is 15.9 Å². The van der Waals surface area contributed by atoms with Gasteiger partial charge < -0.3 is 10.2 Å². The second-order valence-electron chi connectivity index (χ2n) is 9.27. The van der Waals surface area contributed by atoms with Gasteiger partial charge in [0.25, 0.3) is 0 Å². The van der Waals surface area contributed by atoms with Crippen LogP contribution in [0.15, 0.2) is 59.5 Å². The minimum atomic E-state index is -3.49. The van der Waals surface area contributed by atoms with E-state index >= 15 is 0 Å². The van der Waals surface area contributed by atoms with E-state index in [-0.39, 0.29) is 11.8 Å². The van der Waals surface area contributed by atoms with Crippen molar-refractivity contribution in [3.05, 3.63) is 59.6 Å². The lowest BCUT2D eigenvalue weighted by Gasteiger charge is -2.33. The first kappa shape index (κ1) is 24.0. The molecule has 5 rings (SSSR count). The molecule has 2 saturated heterocycles. The summed E-state index contributed by atoms with van der Waals surface area (Å²) in [6, 6.07) is 16.1. The summed E-state index contributed by atoms with van der Waals surface area (Å²) in [4.78, 5) is 20.1. The van der Waals surface area contributed by atoms with Crippen LogP contribution in [-0.4, -0.2) is 49.8 Å². The number of fused-ring (bicyclic) bond motifs is 1. The fourth-order valence-corrected chi connectivity index (χ4v) is 6.64. The SMILES string of the molecule is O=C(Nc1cccc(Cl)c1)[C@H]1CCCN(c2ccc3cc(S(=O)(=O)N4CCCCC4)ccc3n2)C1. The zero-order chi connectivity index (χ0) is 24.4. The Morgan fingerprint density at radius 3 is 2.60 bits per heavy atom. The van der Waals surface area contributed by atoms with Crippen molar-refractivity contribution < 1.29 is 13.2 Å². The molecular formula is C26H29ClN4O3S. The summed E-state index contributed by atoms with van der Waals surface area (Å²) < 4.78 is 27.7. The van der Waals surface area contributed by atoms with E-state index < -0.39 is 10.0 Å². The third kappa shape index (κ3) is 5.29. The Balaban J connectivity index is 1.31. The number of sulfonamides is 1. The van der Waals surface area contributed by atoms with Crippen molar-refractivity contribution >= 4 is 49.9 Å². The standard InChI is InChI=1S/C26H29ClN4O3S/c27-21-7-4-8-22(17-21)28-26(32)20-6-5-13-30(18-20)25-12-9-19-16-23(10-11-24(19)29-25)35(33,34)31-14-2-1-3-15-31/h4,7-12,16-17,20H,1-3,5-6,13-15,18H2,(H,28,32)/t20-/m0/s1. The molecule has 1 atom stereocenters. The molecule has 3 aromatic rings. The number of hydrogen-bond donors (Lipinski definition) is 1. The summed E-state index contributed by atoms with van der Waals surface area (Å²) in [5.41, 5.74) is 1.43. The molecule has 0 bridgehead atoms. The van der Waals surface area contributed by atoms with Crippen LogP contribution in [0.25, 0.3) is 10.9 Å². The third-order valence-corrected chi connectivity index (χ3v) is 8.94. The molecule has 184 valence electrons. The fourth-order valence-electron chi connectivity index (χ4n) is 4.89. The maximum absolute atomic E-state index is 13.0. The Morgan fingerprint density at radius 1 is 0.971 bits per heavy atom. The van der Waals surface area contributed by atoms with Crippen LogP contribution in [0.1, 0.15) is 32.1 Å². The number of amides is 1. The number of anilines is 2. The first-order valence-electron chi connectivity index (χ1n) is 12.1. The van der Waals surface area contributed by atoms with Crippen LogP contribution in [0.5, 0.6) is 0 Å². The topological polar surface area (TPSA) is 82.6 Å². The normalized spacial score (nSPS) is 19.6. The van der Waals surface area contributed by atoms with E-state index in [9.17, 15) is 13.2 Å². The van der Waals surface area contributed by atoms with Gasteiger partial charge in [-0.05, 0) is 74.2 Å². The van der Waals surface area contributed by atoms with Crippen LogP contribution in [0, 0.1) is 5.92 Å². The molecule has 7 nitrogen and oxygen atoms in total. The van der Waals surface area contributed by atoms with E-state index in [1.54, 1.807) is 34.6 Å². The number of piperidine rings is 2. The smallest absolute Gasteiger partial charge is 0.243 e. The van der Waals surface area contributed by atoms with Gasteiger partial charge in [0, 0.05) is 42.3 Å². The van der Waals surface area contributed by atoms with Gasteiger partial charge in [0.15, 0.2) is 0 Å². The van der Waals surface area contributed by atoms with Crippen LogP contribution < -0.4 is 10.2 Å². The van der Waals surface area contributed by atoms with Crippen LogP contribution in [-0.2, 0) is 14.8 Å². The number of nitrogens with one attached hydrogen (secondary N) is 1. The van der Waals surface area contributed by atoms with Gasteiger partial charge in [-0.3, -0.25) is 4.79 Å². The zero-order valence-corrected chi connectivity index (χ0v) is 21.1. The highest BCUT2D eigenvalue weighted by molar-refractivity contribution is 7.89. The largest absolute Gasteiger partial charge is 0.356 e. The number of pyridine rings is 1. The molecule has 2 aromatic carbocycles. The van der Waals surface area contributed by atoms with E-state index in [0.717, 1.165) is 55.4 Å². The number of nitrogens with zero attached hydrogens (tertiary/aromatic N) is 3. The monoisotopic (exact) mass is 512 g/mol. The van der Waals surface area contributed by atoms with Crippen LogP contribution in [0.4, 0.5) is 11.5 Å². The van der Waals surface area contributed by atoms with Crippen LogP contribution in [0.3, 0.4) is 0 Å². The number of halogens is 1. The van der Waals surface area contributed by atoms with Crippen molar-refractivity contribution in [1.29, 1.82) is 0 Å². The molecule has 0 aliphatic carbocycles. The third-order valence-electron chi connectivity index (χ3n) is 6.81. The highest BCUT2D eigenvalue weighted by Crippen LogP contribution is 2.28. The number of carbonyl (C=O) groups is 1. The van der Waals surface area contributed by atoms with E-state index in [0.29, 0.717) is 35.2 Å². The molecule has 2 fully saturated rings. The maximum atomic E-state index is 13.0. The van der Waals surface area contributed by atoms with Crippen molar-refractivity contribution in [1.82, 2.24) is 9.29 Å². The molecule has 1 aromatic heterocycles. The van der Waals surface area contributed by atoms with Crippen LogP contribution in [0.2, 0.25) is 5.02 Å². The Hall–Kier alpha value is -2.68. The second-order valence-corrected chi connectivity index (χ2v) is 11.6. The number of benzene rings is 2. The van der Waals surface area contributed by atoms with Gasteiger partial charge in [-0.15, -0.1) is 0 Å². The summed E-state index contributed by atoms with van der Waals surface area (Å²) in [5, 5.41) is 4.34. The van der Waals surface area contributed by atoms with Crippen LogP contribution >= 0.6 is 11.6 Å². The van der Waals surface area contributed by atoms with E-state index in [1.807, 2.05) is 24.3 Å². The predicted molar refractivity (Wildman–Crippen MR) is 139 cm³/mol.